The van der Waals surface area contributed by atoms with Gasteiger partial charge in [-0.3, -0.25) is 0 Å². The van der Waals surface area contributed by atoms with E-state index in [0.717, 1.165) is 18.7 Å². The van der Waals surface area contributed by atoms with Crippen LogP contribution in [-0.4, -0.2) is 18.3 Å². The van der Waals surface area contributed by atoms with Crippen LogP contribution < -0.4 is 11.1 Å². The maximum absolute atomic E-state index is 5.55. The molecule has 88 valence electrons. The van der Waals surface area contributed by atoms with Crippen molar-refractivity contribution in [2.75, 3.05) is 17.6 Å². The quantitative estimate of drug-likeness (QED) is 0.847. The van der Waals surface area contributed by atoms with Gasteiger partial charge in [-0.05, 0) is 56.5 Å². The van der Waals surface area contributed by atoms with E-state index in [4.69, 9.17) is 5.73 Å². The van der Waals surface area contributed by atoms with E-state index in [2.05, 4.69) is 31.3 Å². The molecule has 0 fully saturated rings. The lowest BCUT2D eigenvalue weighted by atomic mass is 10.1. The summed E-state index contributed by atoms with van der Waals surface area (Å²) in [4.78, 5) is 1.40. The van der Waals surface area contributed by atoms with Crippen molar-refractivity contribution in [3.63, 3.8) is 0 Å². The van der Waals surface area contributed by atoms with Gasteiger partial charge in [0.05, 0.1) is 0 Å². The van der Waals surface area contributed by atoms with Gasteiger partial charge in [-0.25, -0.2) is 0 Å². The second-order valence-corrected chi connectivity index (χ2v) is 5.58. The van der Waals surface area contributed by atoms with Gasteiger partial charge in [0, 0.05) is 22.4 Å². The predicted molar refractivity (Wildman–Crippen MR) is 72.3 cm³/mol. The van der Waals surface area contributed by atoms with Crippen LogP contribution >= 0.6 is 11.8 Å². The van der Waals surface area contributed by atoms with Crippen LogP contribution in [-0.2, 0) is 0 Å². The van der Waals surface area contributed by atoms with E-state index in [1.807, 2.05) is 11.8 Å². The summed E-state index contributed by atoms with van der Waals surface area (Å²) in [6.07, 6.45) is 2.29. The Morgan fingerprint density at radius 1 is 1.38 bits per heavy atom. The Balaban J connectivity index is 2.11. The third-order valence-corrected chi connectivity index (χ3v) is 4.37. The zero-order valence-electron chi connectivity index (χ0n) is 10.0. The fourth-order valence-electron chi connectivity index (χ4n) is 1.99. The lowest BCUT2D eigenvalue weighted by Gasteiger charge is -2.27. The first-order valence-electron chi connectivity index (χ1n) is 5.91. The van der Waals surface area contributed by atoms with Crippen LogP contribution in [0.25, 0.3) is 0 Å². The normalized spacial score (nSPS) is 19.1. The average molecular weight is 236 g/mol. The molecule has 1 atom stereocenters. The van der Waals surface area contributed by atoms with Crippen LogP contribution in [0.5, 0.6) is 0 Å². The summed E-state index contributed by atoms with van der Waals surface area (Å²) < 4.78 is 0. The van der Waals surface area contributed by atoms with E-state index >= 15 is 0 Å². The number of anilines is 1. The Hall–Kier alpha value is -0.670. The maximum Gasteiger partial charge on any atom is 0.0483 e. The first kappa shape index (κ1) is 11.8. The molecular formula is C13H20N2S. The van der Waals surface area contributed by atoms with E-state index in [0.29, 0.717) is 6.04 Å². The minimum atomic E-state index is 0.586. The Labute approximate surface area is 102 Å². The van der Waals surface area contributed by atoms with Crippen LogP contribution in [0.2, 0.25) is 0 Å². The van der Waals surface area contributed by atoms with Crippen LogP contribution in [0.1, 0.15) is 24.0 Å². The summed E-state index contributed by atoms with van der Waals surface area (Å²) in [6, 6.07) is 5.15. The van der Waals surface area contributed by atoms with Crippen molar-refractivity contribution >= 4 is 17.4 Å². The van der Waals surface area contributed by atoms with E-state index in [1.54, 1.807) is 0 Å². The molecule has 3 heteroatoms. The van der Waals surface area contributed by atoms with Crippen molar-refractivity contribution in [1.29, 1.82) is 0 Å². The molecule has 0 aliphatic carbocycles. The van der Waals surface area contributed by atoms with E-state index in [9.17, 15) is 0 Å². The standard InChI is InChI=1S/C13H20N2S/c1-9-6-12-13(7-10(9)2)16-8-11(15-12)4-3-5-14/h6-7,11,15H,3-5,8,14H2,1-2H3. The average Bonchev–Trinajstić information content (AvgIpc) is 2.28. The van der Waals surface area contributed by atoms with Crippen molar-refractivity contribution in [3.05, 3.63) is 23.3 Å². The molecule has 0 amide bonds. The number of hydrogen-bond donors (Lipinski definition) is 2. The van der Waals surface area contributed by atoms with Gasteiger partial charge < -0.3 is 11.1 Å². The summed E-state index contributed by atoms with van der Waals surface area (Å²) in [6.45, 7) is 5.14. The summed E-state index contributed by atoms with van der Waals surface area (Å²) in [5.41, 5.74) is 9.61. The Morgan fingerprint density at radius 2 is 2.12 bits per heavy atom. The molecule has 2 rings (SSSR count). The SMILES string of the molecule is Cc1cc2c(cc1C)SCC(CCCN)N2. The van der Waals surface area contributed by atoms with Gasteiger partial charge in [0.2, 0.25) is 0 Å². The van der Waals surface area contributed by atoms with Crippen LogP contribution in [0, 0.1) is 13.8 Å². The monoisotopic (exact) mass is 236 g/mol. The molecule has 1 heterocycles. The molecule has 16 heavy (non-hydrogen) atoms. The molecule has 0 spiro atoms. The highest BCUT2D eigenvalue weighted by molar-refractivity contribution is 7.99. The molecular weight excluding hydrogens is 216 g/mol. The molecule has 0 saturated heterocycles. The minimum Gasteiger partial charge on any atom is -0.381 e. The van der Waals surface area contributed by atoms with Gasteiger partial charge >= 0.3 is 0 Å². The van der Waals surface area contributed by atoms with Crippen molar-refractivity contribution < 1.29 is 0 Å². The second-order valence-electron chi connectivity index (χ2n) is 4.52. The summed E-state index contributed by atoms with van der Waals surface area (Å²) in [5.74, 6) is 1.16. The van der Waals surface area contributed by atoms with Crippen LogP contribution in [0.3, 0.4) is 0 Å². The molecule has 0 saturated carbocycles. The molecule has 2 nitrogen and oxygen atoms in total. The van der Waals surface area contributed by atoms with Gasteiger partial charge in [-0.2, -0.15) is 0 Å². The smallest absolute Gasteiger partial charge is 0.0483 e. The van der Waals surface area contributed by atoms with Crippen LogP contribution in [0.15, 0.2) is 17.0 Å². The number of rotatable bonds is 3. The summed E-state index contributed by atoms with van der Waals surface area (Å²) in [7, 11) is 0. The first-order valence-corrected chi connectivity index (χ1v) is 6.90. The summed E-state index contributed by atoms with van der Waals surface area (Å²) in [5, 5.41) is 3.62. The number of benzene rings is 1. The number of fused-ring (bicyclic) bond motifs is 1. The zero-order valence-corrected chi connectivity index (χ0v) is 10.9. The lowest BCUT2D eigenvalue weighted by molar-refractivity contribution is 0.664. The molecule has 1 aromatic carbocycles. The highest BCUT2D eigenvalue weighted by Crippen LogP contribution is 2.35. The third-order valence-electron chi connectivity index (χ3n) is 3.15. The Bertz CT molecular complexity index is 376. The molecule has 1 aliphatic rings. The highest BCUT2D eigenvalue weighted by atomic mass is 32.2. The first-order chi connectivity index (χ1) is 7.70. The van der Waals surface area contributed by atoms with Gasteiger partial charge in [-0.15, -0.1) is 11.8 Å². The van der Waals surface area contributed by atoms with Gasteiger partial charge in [0.1, 0.15) is 0 Å². The fraction of sp³-hybridized carbons (Fsp3) is 0.538. The maximum atomic E-state index is 5.55. The topological polar surface area (TPSA) is 38.0 Å². The molecule has 1 aromatic rings. The summed E-state index contributed by atoms with van der Waals surface area (Å²) >= 11 is 1.97. The molecule has 0 radical (unpaired) electrons. The number of nitrogens with one attached hydrogen (secondary N) is 1. The molecule has 0 bridgehead atoms. The number of nitrogens with two attached hydrogens (primary N) is 1. The number of thioether (sulfide) groups is 1. The molecule has 1 unspecified atom stereocenters. The van der Waals surface area contributed by atoms with Gasteiger partial charge in [0.25, 0.3) is 0 Å². The van der Waals surface area contributed by atoms with Crippen molar-refractivity contribution in [1.82, 2.24) is 0 Å². The van der Waals surface area contributed by atoms with Crippen molar-refractivity contribution in [3.8, 4) is 0 Å². The number of hydrogen-bond acceptors (Lipinski definition) is 3. The predicted octanol–water partition coefficient (Wildman–Crippen LogP) is 2.93. The lowest BCUT2D eigenvalue weighted by Crippen LogP contribution is -2.26. The Morgan fingerprint density at radius 3 is 2.88 bits per heavy atom. The van der Waals surface area contributed by atoms with Crippen molar-refractivity contribution in [2.24, 2.45) is 5.73 Å². The number of aryl methyl sites for hydroxylation is 2. The fourth-order valence-corrected chi connectivity index (χ4v) is 3.16. The highest BCUT2D eigenvalue weighted by Gasteiger charge is 2.18. The van der Waals surface area contributed by atoms with Crippen molar-refractivity contribution in [2.45, 2.75) is 37.6 Å². The second kappa shape index (κ2) is 5.11. The van der Waals surface area contributed by atoms with Gasteiger partial charge in [0.15, 0.2) is 0 Å². The zero-order chi connectivity index (χ0) is 11.5. The largest absolute Gasteiger partial charge is 0.381 e. The van der Waals surface area contributed by atoms with Crippen LogP contribution in [0.4, 0.5) is 5.69 Å². The van der Waals surface area contributed by atoms with Gasteiger partial charge in [-0.1, -0.05) is 0 Å². The van der Waals surface area contributed by atoms with E-state index in [-0.39, 0.29) is 0 Å². The molecule has 1 aliphatic heterocycles. The molecule has 3 N–H and O–H groups in total. The molecule has 0 aromatic heterocycles. The van der Waals surface area contributed by atoms with E-state index < -0.39 is 0 Å². The third kappa shape index (κ3) is 2.53. The Kier molecular flexibility index (Phi) is 3.77. The minimum absolute atomic E-state index is 0.586. The van der Waals surface area contributed by atoms with E-state index in [1.165, 1.54) is 28.1 Å².